The van der Waals surface area contributed by atoms with E-state index < -0.39 is 0 Å². The Hall–Kier alpha value is -1.09. The number of pyridine rings is 1. The summed E-state index contributed by atoms with van der Waals surface area (Å²) in [7, 11) is 0. The standard InChI is InChI=1S/C13H20N2O/c1-2-12-5-6-13(11-14-12)16-10-9-15-7-3-4-8-15/h5-6,11H,2-4,7-10H2,1H3. The van der Waals surface area contributed by atoms with Crippen LogP contribution in [0.1, 0.15) is 25.5 Å². The van der Waals surface area contributed by atoms with Crippen molar-refractivity contribution in [1.29, 1.82) is 0 Å². The molecule has 0 amide bonds. The third kappa shape index (κ3) is 3.20. The zero-order valence-corrected chi connectivity index (χ0v) is 9.98. The molecule has 0 N–H and O–H groups in total. The van der Waals surface area contributed by atoms with Crippen molar-refractivity contribution in [3.8, 4) is 5.75 Å². The predicted molar refractivity (Wildman–Crippen MR) is 64.8 cm³/mol. The summed E-state index contributed by atoms with van der Waals surface area (Å²) < 4.78 is 5.66. The van der Waals surface area contributed by atoms with E-state index in [1.807, 2.05) is 18.3 Å². The van der Waals surface area contributed by atoms with Gasteiger partial charge in [-0.05, 0) is 44.5 Å². The van der Waals surface area contributed by atoms with Crippen molar-refractivity contribution < 1.29 is 4.74 Å². The van der Waals surface area contributed by atoms with E-state index in [4.69, 9.17) is 4.74 Å². The van der Waals surface area contributed by atoms with E-state index in [0.29, 0.717) is 0 Å². The number of likely N-dealkylation sites (tertiary alicyclic amines) is 1. The lowest BCUT2D eigenvalue weighted by atomic mass is 10.3. The minimum absolute atomic E-state index is 0.771. The van der Waals surface area contributed by atoms with Gasteiger partial charge >= 0.3 is 0 Å². The molecular formula is C13H20N2O. The fraction of sp³-hybridized carbons (Fsp3) is 0.615. The summed E-state index contributed by atoms with van der Waals surface area (Å²) in [5, 5.41) is 0. The van der Waals surface area contributed by atoms with Crippen molar-refractivity contribution in [2.45, 2.75) is 26.2 Å². The molecule has 0 radical (unpaired) electrons. The number of aromatic nitrogens is 1. The molecule has 1 saturated heterocycles. The van der Waals surface area contributed by atoms with Crippen LogP contribution in [0, 0.1) is 0 Å². The normalized spacial score (nSPS) is 16.6. The van der Waals surface area contributed by atoms with Crippen LogP contribution in [0.4, 0.5) is 0 Å². The number of hydrogen-bond donors (Lipinski definition) is 0. The monoisotopic (exact) mass is 220 g/mol. The molecule has 0 aliphatic carbocycles. The van der Waals surface area contributed by atoms with Gasteiger partial charge in [-0.2, -0.15) is 0 Å². The molecular weight excluding hydrogens is 200 g/mol. The Morgan fingerprint density at radius 2 is 2.12 bits per heavy atom. The summed E-state index contributed by atoms with van der Waals surface area (Å²) >= 11 is 0. The minimum atomic E-state index is 0.771. The Morgan fingerprint density at radius 1 is 1.31 bits per heavy atom. The second kappa shape index (κ2) is 5.85. The Bertz CT molecular complexity index is 304. The zero-order chi connectivity index (χ0) is 11.2. The van der Waals surface area contributed by atoms with Crippen LogP contribution in [0.15, 0.2) is 18.3 Å². The fourth-order valence-corrected chi connectivity index (χ4v) is 2.00. The van der Waals surface area contributed by atoms with Crippen molar-refractivity contribution in [1.82, 2.24) is 9.88 Å². The molecule has 1 aliphatic heterocycles. The molecule has 1 fully saturated rings. The second-order valence-electron chi connectivity index (χ2n) is 4.24. The number of nitrogens with zero attached hydrogens (tertiary/aromatic N) is 2. The molecule has 2 heterocycles. The first kappa shape index (κ1) is 11.4. The summed E-state index contributed by atoms with van der Waals surface area (Å²) in [6.45, 7) is 6.38. The SMILES string of the molecule is CCc1ccc(OCCN2CCCC2)cn1. The molecule has 0 atom stereocenters. The highest BCUT2D eigenvalue weighted by atomic mass is 16.5. The quantitative estimate of drug-likeness (QED) is 0.760. The molecule has 16 heavy (non-hydrogen) atoms. The fourth-order valence-electron chi connectivity index (χ4n) is 2.00. The van der Waals surface area contributed by atoms with Gasteiger partial charge in [0.15, 0.2) is 0 Å². The molecule has 0 bridgehead atoms. The number of hydrogen-bond acceptors (Lipinski definition) is 3. The third-order valence-electron chi connectivity index (χ3n) is 3.03. The van der Waals surface area contributed by atoms with E-state index >= 15 is 0 Å². The number of ether oxygens (including phenoxy) is 1. The van der Waals surface area contributed by atoms with Gasteiger partial charge in [-0.15, -0.1) is 0 Å². The molecule has 2 rings (SSSR count). The Balaban J connectivity index is 1.71. The molecule has 3 heteroatoms. The summed E-state index contributed by atoms with van der Waals surface area (Å²) in [6.07, 6.45) is 5.48. The molecule has 0 spiro atoms. The molecule has 1 aliphatic rings. The van der Waals surface area contributed by atoms with Crippen LogP contribution in [0.3, 0.4) is 0 Å². The topological polar surface area (TPSA) is 25.4 Å². The molecule has 0 saturated carbocycles. The molecule has 1 aromatic rings. The Kier molecular flexibility index (Phi) is 4.17. The average Bonchev–Trinajstić information content (AvgIpc) is 2.83. The number of aryl methyl sites for hydroxylation is 1. The predicted octanol–water partition coefficient (Wildman–Crippen LogP) is 2.12. The molecule has 88 valence electrons. The first-order valence-electron chi connectivity index (χ1n) is 6.18. The molecule has 0 unspecified atom stereocenters. The van der Waals surface area contributed by atoms with Crippen molar-refractivity contribution >= 4 is 0 Å². The highest BCUT2D eigenvalue weighted by Crippen LogP contribution is 2.10. The lowest BCUT2D eigenvalue weighted by Crippen LogP contribution is -2.25. The van der Waals surface area contributed by atoms with Gasteiger partial charge in [0, 0.05) is 12.2 Å². The Morgan fingerprint density at radius 3 is 2.75 bits per heavy atom. The maximum atomic E-state index is 5.66. The third-order valence-corrected chi connectivity index (χ3v) is 3.03. The van der Waals surface area contributed by atoms with Crippen LogP contribution in [0.5, 0.6) is 5.75 Å². The van der Waals surface area contributed by atoms with Crippen LogP contribution in [-0.2, 0) is 6.42 Å². The lowest BCUT2D eigenvalue weighted by molar-refractivity contribution is 0.237. The Labute approximate surface area is 97.4 Å². The van der Waals surface area contributed by atoms with Gasteiger partial charge in [-0.3, -0.25) is 9.88 Å². The van der Waals surface area contributed by atoms with Gasteiger partial charge in [-0.1, -0.05) is 6.92 Å². The summed E-state index contributed by atoms with van der Waals surface area (Å²) in [5.74, 6) is 0.886. The molecule has 3 nitrogen and oxygen atoms in total. The van der Waals surface area contributed by atoms with E-state index in [2.05, 4.69) is 16.8 Å². The maximum absolute atomic E-state index is 5.66. The van der Waals surface area contributed by atoms with Crippen LogP contribution >= 0.6 is 0 Å². The first-order valence-corrected chi connectivity index (χ1v) is 6.18. The van der Waals surface area contributed by atoms with Crippen LogP contribution in [0.2, 0.25) is 0 Å². The number of rotatable bonds is 5. The maximum Gasteiger partial charge on any atom is 0.137 e. The van der Waals surface area contributed by atoms with Gasteiger partial charge in [0.1, 0.15) is 12.4 Å². The highest BCUT2D eigenvalue weighted by Gasteiger charge is 2.10. The molecule has 1 aromatic heterocycles. The summed E-state index contributed by atoms with van der Waals surface area (Å²) in [5.41, 5.74) is 1.12. The van der Waals surface area contributed by atoms with Crippen LogP contribution < -0.4 is 4.74 Å². The van der Waals surface area contributed by atoms with Crippen molar-refractivity contribution in [3.63, 3.8) is 0 Å². The van der Waals surface area contributed by atoms with Gasteiger partial charge in [0.25, 0.3) is 0 Å². The van der Waals surface area contributed by atoms with Gasteiger partial charge < -0.3 is 4.74 Å². The van der Waals surface area contributed by atoms with Crippen molar-refractivity contribution in [3.05, 3.63) is 24.0 Å². The van der Waals surface area contributed by atoms with Crippen LogP contribution in [0.25, 0.3) is 0 Å². The minimum Gasteiger partial charge on any atom is -0.491 e. The summed E-state index contributed by atoms with van der Waals surface area (Å²) in [4.78, 5) is 6.76. The first-order chi connectivity index (χ1) is 7.88. The smallest absolute Gasteiger partial charge is 0.137 e. The van der Waals surface area contributed by atoms with E-state index in [1.54, 1.807) is 0 Å². The van der Waals surface area contributed by atoms with E-state index in [0.717, 1.165) is 31.0 Å². The average molecular weight is 220 g/mol. The van der Waals surface area contributed by atoms with E-state index in [-0.39, 0.29) is 0 Å². The second-order valence-corrected chi connectivity index (χ2v) is 4.24. The summed E-state index contributed by atoms with van der Waals surface area (Å²) in [6, 6.07) is 4.04. The van der Waals surface area contributed by atoms with Gasteiger partial charge in [-0.25, -0.2) is 0 Å². The zero-order valence-electron chi connectivity index (χ0n) is 9.98. The van der Waals surface area contributed by atoms with Crippen molar-refractivity contribution in [2.24, 2.45) is 0 Å². The van der Waals surface area contributed by atoms with Gasteiger partial charge in [0.05, 0.1) is 6.20 Å². The van der Waals surface area contributed by atoms with Gasteiger partial charge in [0.2, 0.25) is 0 Å². The lowest BCUT2D eigenvalue weighted by Gasteiger charge is -2.14. The van der Waals surface area contributed by atoms with Crippen molar-refractivity contribution in [2.75, 3.05) is 26.2 Å². The van der Waals surface area contributed by atoms with Crippen LogP contribution in [-0.4, -0.2) is 36.1 Å². The largest absolute Gasteiger partial charge is 0.491 e. The highest BCUT2D eigenvalue weighted by molar-refractivity contribution is 5.19. The molecule has 0 aromatic carbocycles. The van der Waals surface area contributed by atoms with E-state index in [1.165, 1.54) is 25.9 Å². The van der Waals surface area contributed by atoms with E-state index in [9.17, 15) is 0 Å².